The summed E-state index contributed by atoms with van der Waals surface area (Å²) in [5.41, 5.74) is 11.1. The Morgan fingerprint density at radius 3 is 2.65 bits per heavy atom. The van der Waals surface area contributed by atoms with Crippen LogP contribution in [0, 0.1) is 25.7 Å². The zero-order valence-corrected chi connectivity index (χ0v) is 20.9. The van der Waals surface area contributed by atoms with Gasteiger partial charge in [0, 0.05) is 43.2 Å². The molecule has 4 N–H and O–H groups in total. The van der Waals surface area contributed by atoms with Crippen molar-refractivity contribution in [2.24, 2.45) is 17.6 Å². The van der Waals surface area contributed by atoms with Gasteiger partial charge in [-0.05, 0) is 65.4 Å². The summed E-state index contributed by atoms with van der Waals surface area (Å²) in [5, 5.41) is 14.1. The minimum atomic E-state index is -0.709. The molecular formula is C26H40N6O2. The van der Waals surface area contributed by atoms with Crippen molar-refractivity contribution in [3.8, 4) is 0 Å². The fraction of sp³-hybridized carbons (Fsp3) is 0.731. The molecule has 8 nitrogen and oxygen atoms in total. The molecular weight excluding hydrogens is 428 g/mol. The van der Waals surface area contributed by atoms with E-state index in [1.54, 1.807) is 0 Å². The van der Waals surface area contributed by atoms with E-state index in [4.69, 9.17) is 15.7 Å². The fourth-order valence-corrected chi connectivity index (χ4v) is 5.98. The van der Waals surface area contributed by atoms with E-state index in [0.717, 1.165) is 93.8 Å². The SMILES string of the molecule is Cc1nc2c(nc1C)CCC(N1CCN(C(=O)[C@@H]3CCCCC3C(O)NC3(N)CC3)[C@H](C)C1)=C2. The smallest absolute Gasteiger partial charge is 0.226 e. The summed E-state index contributed by atoms with van der Waals surface area (Å²) < 4.78 is 0. The van der Waals surface area contributed by atoms with Gasteiger partial charge in [0.2, 0.25) is 5.91 Å². The molecule has 3 aliphatic carbocycles. The summed E-state index contributed by atoms with van der Waals surface area (Å²) in [4.78, 5) is 27.7. The average molecular weight is 469 g/mol. The zero-order chi connectivity index (χ0) is 24.0. The number of nitrogens with one attached hydrogen (secondary N) is 1. The maximum absolute atomic E-state index is 13.7. The van der Waals surface area contributed by atoms with Crippen molar-refractivity contribution in [2.45, 2.75) is 90.1 Å². The van der Waals surface area contributed by atoms with Gasteiger partial charge < -0.3 is 20.6 Å². The van der Waals surface area contributed by atoms with Crippen LogP contribution >= 0.6 is 0 Å². The van der Waals surface area contributed by atoms with Crippen LogP contribution in [0.1, 0.15) is 74.6 Å². The first-order valence-corrected chi connectivity index (χ1v) is 13.1. The van der Waals surface area contributed by atoms with Crippen molar-refractivity contribution < 1.29 is 9.90 Å². The van der Waals surface area contributed by atoms with E-state index in [0.29, 0.717) is 0 Å². The molecule has 0 spiro atoms. The van der Waals surface area contributed by atoms with Crippen molar-refractivity contribution in [1.82, 2.24) is 25.1 Å². The number of rotatable bonds is 5. The number of aliphatic hydroxyl groups excluding tert-OH is 1. The molecule has 1 saturated heterocycles. The van der Waals surface area contributed by atoms with Gasteiger partial charge in [0.1, 0.15) is 6.23 Å². The lowest BCUT2D eigenvalue weighted by atomic mass is 9.77. The van der Waals surface area contributed by atoms with Gasteiger partial charge in [-0.15, -0.1) is 0 Å². The summed E-state index contributed by atoms with van der Waals surface area (Å²) in [7, 11) is 0. The number of hydrogen-bond donors (Lipinski definition) is 3. The standard InChI is InChI=1S/C26H40N6O2/c1-16-15-31(19-8-9-22-23(14-19)29-18(3)17(2)28-22)12-13-32(16)25(34)21-7-5-4-6-20(21)24(33)30-26(27)10-11-26/h14,16,20-21,24,30,33H,4-13,15,27H2,1-3H3/t16-,20?,21-,24?/m1/s1. The second-order valence-corrected chi connectivity index (χ2v) is 11.0. The number of aliphatic hydroxyl groups is 1. The number of aryl methyl sites for hydroxylation is 3. The quantitative estimate of drug-likeness (QED) is 0.568. The zero-order valence-electron chi connectivity index (χ0n) is 20.9. The number of nitrogens with two attached hydrogens (primary N) is 1. The summed E-state index contributed by atoms with van der Waals surface area (Å²) in [6.07, 6.45) is 8.99. The van der Waals surface area contributed by atoms with E-state index in [9.17, 15) is 9.90 Å². The summed E-state index contributed by atoms with van der Waals surface area (Å²) >= 11 is 0. The van der Waals surface area contributed by atoms with Gasteiger partial charge in [-0.2, -0.15) is 0 Å². The number of aromatic nitrogens is 2. The first kappa shape index (κ1) is 23.7. The molecule has 5 rings (SSSR count). The molecule has 34 heavy (non-hydrogen) atoms. The minimum Gasteiger partial charge on any atom is -0.378 e. The second-order valence-electron chi connectivity index (χ2n) is 11.0. The van der Waals surface area contributed by atoms with E-state index < -0.39 is 11.9 Å². The Balaban J connectivity index is 1.25. The molecule has 4 atom stereocenters. The van der Waals surface area contributed by atoms with E-state index >= 15 is 0 Å². The molecule has 2 saturated carbocycles. The molecule has 2 heterocycles. The van der Waals surface area contributed by atoms with Crippen LogP contribution in [0.25, 0.3) is 6.08 Å². The minimum absolute atomic E-state index is 0.0599. The molecule has 1 aliphatic heterocycles. The molecule has 3 fully saturated rings. The molecule has 8 heteroatoms. The Labute approximate surface area is 203 Å². The number of carbonyl (C=O) groups is 1. The second kappa shape index (κ2) is 9.21. The fourth-order valence-electron chi connectivity index (χ4n) is 5.98. The highest BCUT2D eigenvalue weighted by Gasteiger charge is 2.45. The Bertz CT molecular complexity index is 974. The molecule has 0 aromatic carbocycles. The molecule has 2 unspecified atom stereocenters. The topological polar surface area (TPSA) is 108 Å². The van der Waals surface area contributed by atoms with Gasteiger partial charge >= 0.3 is 0 Å². The molecule has 4 aliphatic rings. The lowest BCUT2D eigenvalue weighted by molar-refractivity contribution is -0.145. The van der Waals surface area contributed by atoms with Crippen LogP contribution in [-0.2, 0) is 11.2 Å². The summed E-state index contributed by atoms with van der Waals surface area (Å²) in [6, 6.07) is 0.131. The van der Waals surface area contributed by atoms with Crippen LogP contribution in [0.4, 0.5) is 0 Å². The van der Waals surface area contributed by atoms with Crippen LogP contribution in [-0.4, -0.2) is 68.3 Å². The number of fused-ring (bicyclic) bond motifs is 1. The van der Waals surface area contributed by atoms with E-state index in [1.807, 2.05) is 13.8 Å². The maximum atomic E-state index is 13.7. The molecule has 0 bridgehead atoms. The Morgan fingerprint density at radius 1 is 1.18 bits per heavy atom. The number of piperazine rings is 1. The van der Waals surface area contributed by atoms with E-state index in [1.165, 1.54) is 5.70 Å². The van der Waals surface area contributed by atoms with Crippen molar-refractivity contribution in [3.05, 3.63) is 28.5 Å². The van der Waals surface area contributed by atoms with Crippen LogP contribution < -0.4 is 11.1 Å². The lowest BCUT2D eigenvalue weighted by Crippen LogP contribution is -2.58. The van der Waals surface area contributed by atoms with Crippen molar-refractivity contribution in [3.63, 3.8) is 0 Å². The molecule has 1 aromatic rings. The number of hydrogen-bond acceptors (Lipinski definition) is 7. The number of allylic oxidation sites excluding steroid dienone is 1. The molecule has 1 amide bonds. The number of amides is 1. The van der Waals surface area contributed by atoms with Crippen LogP contribution in [0.2, 0.25) is 0 Å². The van der Waals surface area contributed by atoms with Crippen LogP contribution in [0.15, 0.2) is 5.70 Å². The van der Waals surface area contributed by atoms with Crippen LogP contribution in [0.3, 0.4) is 0 Å². The van der Waals surface area contributed by atoms with Crippen molar-refractivity contribution in [1.29, 1.82) is 0 Å². The van der Waals surface area contributed by atoms with Crippen molar-refractivity contribution in [2.75, 3.05) is 19.6 Å². The lowest BCUT2D eigenvalue weighted by Gasteiger charge is -2.45. The predicted molar refractivity (Wildman–Crippen MR) is 131 cm³/mol. The van der Waals surface area contributed by atoms with Crippen LogP contribution in [0.5, 0.6) is 0 Å². The Hall–Kier alpha value is -2.03. The third-order valence-corrected chi connectivity index (χ3v) is 8.41. The normalized spacial score (nSPS) is 29.3. The predicted octanol–water partition coefficient (Wildman–Crippen LogP) is 2.08. The van der Waals surface area contributed by atoms with Gasteiger partial charge in [-0.25, -0.2) is 4.98 Å². The number of carbonyl (C=O) groups excluding carboxylic acids is 1. The molecule has 0 radical (unpaired) electrons. The summed E-state index contributed by atoms with van der Waals surface area (Å²) in [5.74, 6) is 0.0182. The first-order valence-electron chi connectivity index (χ1n) is 13.1. The first-order chi connectivity index (χ1) is 16.2. The van der Waals surface area contributed by atoms with Gasteiger partial charge in [0.05, 0.1) is 28.4 Å². The van der Waals surface area contributed by atoms with Gasteiger partial charge in [0.15, 0.2) is 0 Å². The maximum Gasteiger partial charge on any atom is 0.226 e. The molecule has 186 valence electrons. The third-order valence-electron chi connectivity index (χ3n) is 8.41. The highest BCUT2D eigenvalue weighted by atomic mass is 16.3. The average Bonchev–Trinajstić information content (AvgIpc) is 3.55. The number of nitrogens with zero attached hydrogens (tertiary/aromatic N) is 4. The monoisotopic (exact) mass is 468 g/mol. The Morgan fingerprint density at radius 2 is 1.91 bits per heavy atom. The van der Waals surface area contributed by atoms with E-state index in [-0.39, 0.29) is 23.8 Å². The summed E-state index contributed by atoms with van der Waals surface area (Å²) in [6.45, 7) is 8.57. The van der Waals surface area contributed by atoms with Gasteiger partial charge in [0.25, 0.3) is 0 Å². The third kappa shape index (κ3) is 4.72. The molecule has 1 aromatic heterocycles. The van der Waals surface area contributed by atoms with E-state index in [2.05, 4.69) is 28.1 Å². The van der Waals surface area contributed by atoms with Gasteiger partial charge in [-0.1, -0.05) is 12.8 Å². The highest BCUT2D eigenvalue weighted by Crippen LogP contribution is 2.37. The van der Waals surface area contributed by atoms with Gasteiger partial charge in [-0.3, -0.25) is 15.1 Å². The largest absolute Gasteiger partial charge is 0.378 e. The Kier molecular flexibility index (Phi) is 6.42. The highest BCUT2D eigenvalue weighted by molar-refractivity contribution is 5.80. The van der Waals surface area contributed by atoms with Crippen molar-refractivity contribution >= 4 is 12.0 Å².